The van der Waals surface area contributed by atoms with E-state index in [1.807, 2.05) is 18.2 Å². The molecule has 0 unspecified atom stereocenters. The van der Waals surface area contributed by atoms with Crippen LogP contribution >= 0.6 is 12.2 Å². The van der Waals surface area contributed by atoms with Crippen LogP contribution in [-0.4, -0.2) is 18.1 Å². The molecule has 0 fully saturated rings. The number of para-hydroxylation sites is 2. The summed E-state index contributed by atoms with van der Waals surface area (Å²) in [4.78, 5) is 12.4. The van der Waals surface area contributed by atoms with Crippen LogP contribution in [0.5, 0.6) is 0 Å². The topological polar surface area (TPSA) is 75.5 Å². The Morgan fingerprint density at radius 2 is 1.88 bits per heavy atom. The first kappa shape index (κ1) is 17.8. The number of carbonyl (C=O) groups is 1. The molecule has 0 aliphatic rings. The van der Waals surface area contributed by atoms with Gasteiger partial charge in [0.25, 0.3) is 0 Å². The highest BCUT2D eigenvalue weighted by Crippen LogP contribution is 2.26. The Hall–Kier alpha value is -2.97. The summed E-state index contributed by atoms with van der Waals surface area (Å²) in [6, 6.07) is 13.3. The lowest BCUT2D eigenvalue weighted by molar-refractivity contribution is 0.0912. The Balaban J connectivity index is 1.70. The van der Waals surface area contributed by atoms with Crippen molar-refractivity contribution in [1.82, 2.24) is 10.9 Å². The van der Waals surface area contributed by atoms with Crippen LogP contribution < -0.4 is 16.2 Å². The number of ether oxygens (including phenoxy) is 1. The van der Waals surface area contributed by atoms with Gasteiger partial charge in [-0.3, -0.25) is 15.6 Å². The van der Waals surface area contributed by atoms with E-state index in [1.165, 1.54) is 19.2 Å². The van der Waals surface area contributed by atoms with Gasteiger partial charge in [-0.05, 0) is 30.4 Å². The molecule has 1 amide bonds. The fourth-order valence-corrected chi connectivity index (χ4v) is 2.62. The Morgan fingerprint density at radius 1 is 1.15 bits per heavy atom. The Kier molecular flexibility index (Phi) is 5.45. The molecule has 0 spiro atoms. The molecular weight excluding hydrogens is 357 g/mol. The van der Waals surface area contributed by atoms with Gasteiger partial charge in [-0.2, -0.15) is 0 Å². The molecule has 0 radical (unpaired) electrons. The standard InChI is InChI=1S/C18H16FN3O3S/c1-24-10-12-11-6-2-5-9-15(11)25-16(12)17(23)21-22-18(26)20-14-8-4-3-7-13(14)19/h2-9H,10H2,1H3,(H,21,23)(H2,20,22,26). The molecule has 3 aromatic rings. The zero-order valence-corrected chi connectivity index (χ0v) is 14.7. The zero-order chi connectivity index (χ0) is 18.5. The number of thiocarbonyl (C=S) groups is 1. The average molecular weight is 373 g/mol. The summed E-state index contributed by atoms with van der Waals surface area (Å²) in [5.41, 5.74) is 6.37. The number of halogens is 1. The first-order chi connectivity index (χ1) is 12.6. The van der Waals surface area contributed by atoms with Crippen LogP contribution in [0.25, 0.3) is 11.0 Å². The maximum atomic E-state index is 13.6. The minimum Gasteiger partial charge on any atom is -0.450 e. The van der Waals surface area contributed by atoms with Crippen molar-refractivity contribution in [2.75, 3.05) is 12.4 Å². The number of hydrogen-bond acceptors (Lipinski definition) is 4. The summed E-state index contributed by atoms with van der Waals surface area (Å²) in [5.74, 6) is -0.859. The normalized spacial score (nSPS) is 10.5. The summed E-state index contributed by atoms with van der Waals surface area (Å²) >= 11 is 5.05. The summed E-state index contributed by atoms with van der Waals surface area (Å²) in [7, 11) is 1.54. The number of carbonyl (C=O) groups excluding carboxylic acids is 1. The first-order valence-electron chi connectivity index (χ1n) is 7.71. The zero-order valence-electron chi connectivity index (χ0n) is 13.8. The third kappa shape index (κ3) is 3.81. The number of anilines is 1. The SMILES string of the molecule is COCc1c(C(=O)NNC(=S)Nc2ccccc2F)oc2ccccc12. The van der Waals surface area contributed by atoms with E-state index in [1.54, 1.807) is 18.2 Å². The van der Waals surface area contributed by atoms with Crippen molar-refractivity contribution in [1.29, 1.82) is 0 Å². The van der Waals surface area contributed by atoms with Gasteiger partial charge in [0.2, 0.25) is 0 Å². The number of hydrogen-bond donors (Lipinski definition) is 3. The number of hydrazine groups is 1. The molecule has 0 bridgehead atoms. The molecule has 3 N–H and O–H groups in total. The molecule has 26 heavy (non-hydrogen) atoms. The second kappa shape index (κ2) is 7.94. The quantitative estimate of drug-likeness (QED) is 0.481. The fourth-order valence-electron chi connectivity index (χ4n) is 2.46. The van der Waals surface area contributed by atoms with Gasteiger partial charge in [0.15, 0.2) is 10.9 Å². The molecule has 0 atom stereocenters. The van der Waals surface area contributed by atoms with E-state index in [4.69, 9.17) is 21.4 Å². The van der Waals surface area contributed by atoms with Gasteiger partial charge >= 0.3 is 5.91 Å². The van der Waals surface area contributed by atoms with Crippen molar-refractivity contribution in [3.8, 4) is 0 Å². The highest BCUT2D eigenvalue weighted by atomic mass is 32.1. The minimum absolute atomic E-state index is 0.0350. The third-order valence-corrected chi connectivity index (χ3v) is 3.81. The third-order valence-electron chi connectivity index (χ3n) is 3.60. The summed E-state index contributed by atoms with van der Waals surface area (Å²) in [5, 5.41) is 3.49. The Morgan fingerprint density at radius 3 is 2.65 bits per heavy atom. The molecular formula is C18H16FN3O3S. The van der Waals surface area contributed by atoms with Gasteiger partial charge in [0.1, 0.15) is 11.4 Å². The number of rotatable bonds is 4. The molecule has 6 nitrogen and oxygen atoms in total. The molecule has 8 heteroatoms. The maximum absolute atomic E-state index is 13.6. The molecule has 0 aliphatic heterocycles. The van der Waals surface area contributed by atoms with Gasteiger partial charge < -0.3 is 14.5 Å². The van der Waals surface area contributed by atoms with E-state index in [0.717, 1.165) is 5.39 Å². The Labute approximate surface area is 154 Å². The summed E-state index contributed by atoms with van der Waals surface area (Å²) < 4.78 is 24.4. The lowest BCUT2D eigenvalue weighted by Crippen LogP contribution is -2.44. The largest absolute Gasteiger partial charge is 0.450 e. The van der Waals surface area contributed by atoms with Crippen LogP contribution in [0.2, 0.25) is 0 Å². The van der Waals surface area contributed by atoms with E-state index < -0.39 is 11.7 Å². The van der Waals surface area contributed by atoms with Crippen molar-refractivity contribution in [2.45, 2.75) is 6.61 Å². The number of nitrogens with one attached hydrogen (secondary N) is 3. The van der Waals surface area contributed by atoms with Gasteiger partial charge in [0, 0.05) is 18.1 Å². The fraction of sp³-hybridized carbons (Fsp3) is 0.111. The van der Waals surface area contributed by atoms with Crippen molar-refractivity contribution in [3.63, 3.8) is 0 Å². The van der Waals surface area contributed by atoms with Crippen LogP contribution in [0.4, 0.5) is 10.1 Å². The highest BCUT2D eigenvalue weighted by Gasteiger charge is 2.20. The highest BCUT2D eigenvalue weighted by molar-refractivity contribution is 7.80. The lowest BCUT2D eigenvalue weighted by atomic mass is 10.1. The molecule has 0 saturated heterocycles. The molecule has 1 aromatic heterocycles. The first-order valence-corrected chi connectivity index (χ1v) is 8.12. The Bertz CT molecular complexity index is 958. The van der Waals surface area contributed by atoms with Crippen LogP contribution in [0.1, 0.15) is 16.1 Å². The van der Waals surface area contributed by atoms with E-state index in [-0.39, 0.29) is 23.2 Å². The van der Waals surface area contributed by atoms with E-state index in [9.17, 15) is 9.18 Å². The van der Waals surface area contributed by atoms with Crippen LogP contribution in [-0.2, 0) is 11.3 Å². The van der Waals surface area contributed by atoms with E-state index in [0.29, 0.717) is 11.1 Å². The van der Waals surface area contributed by atoms with E-state index in [2.05, 4.69) is 16.2 Å². The predicted octanol–water partition coefficient (Wildman–Crippen LogP) is 3.35. The predicted molar refractivity (Wildman–Crippen MR) is 100 cm³/mol. The lowest BCUT2D eigenvalue weighted by Gasteiger charge is -2.11. The number of benzene rings is 2. The van der Waals surface area contributed by atoms with Crippen LogP contribution in [0.3, 0.4) is 0 Å². The van der Waals surface area contributed by atoms with Crippen LogP contribution in [0.15, 0.2) is 52.9 Å². The smallest absolute Gasteiger partial charge is 0.305 e. The maximum Gasteiger partial charge on any atom is 0.305 e. The average Bonchev–Trinajstić information content (AvgIpc) is 3.01. The number of furan rings is 1. The molecule has 3 rings (SSSR count). The summed E-state index contributed by atoms with van der Waals surface area (Å²) in [6.45, 7) is 0.220. The van der Waals surface area contributed by atoms with Crippen molar-refractivity contribution in [2.24, 2.45) is 0 Å². The van der Waals surface area contributed by atoms with Crippen molar-refractivity contribution < 1.29 is 18.3 Å². The van der Waals surface area contributed by atoms with Crippen LogP contribution in [0, 0.1) is 5.82 Å². The van der Waals surface area contributed by atoms with Gasteiger partial charge in [0.05, 0.1) is 12.3 Å². The molecule has 1 heterocycles. The molecule has 134 valence electrons. The second-order valence-electron chi connectivity index (χ2n) is 5.35. The molecule has 0 aliphatic carbocycles. The van der Waals surface area contributed by atoms with Crippen molar-refractivity contribution in [3.05, 3.63) is 65.7 Å². The van der Waals surface area contributed by atoms with E-state index >= 15 is 0 Å². The summed E-state index contributed by atoms with van der Waals surface area (Å²) in [6.07, 6.45) is 0. The number of fused-ring (bicyclic) bond motifs is 1. The van der Waals surface area contributed by atoms with Gasteiger partial charge in [-0.15, -0.1) is 0 Å². The number of amides is 1. The minimum atomic E-state index is -0.522. The molecule has 2 aromatic carbocycles. The number of methoxy groups -OCH3 is 1. The second-order valence-corrected chi connectivity index (χ2v) is 5.76. The monoisotopic (exact) mass is 373 g/mol. The van der Waals surface area contributed by atoms with Crippen molar-refractivity contribution >= 4 is 39.9 Å². The van der Waals surface area contributed by atoms with Gasteiger partial charge in [-0.25, -0.2) is 4.39 Å². The van der Waals surface area contributed by atoms with Gasteiger partial charge in [-0.1, -0.05) is 30.3 Å². The molecule has 0 saturated carbocycles.